The molecular weight excluding hydrogens is 344 g/mol. The predicted molar refractivity (Wildman–Crippen MR) is 100 cm³/mol. The van der Waals surface area contributed by atoms with Gasteiger partial charge in [0.1, 0.15) is 0 Å². The van der Waals surface area contributed by atoms with Crippen LogP contribution in [-0.4, -0.2) is 40.9 Å². The van der Waals surface area contributed by atoms with E-state index in [4.69, 9.17) is 0 Å². The minimum atomic E-state index is -0.503. The molecule has 1 atom stereocenters. The molecule has 0 bridgehead atoms. The van der Waals surface area contributed by atoms with Crippen LogP contribution in [0, 0.1) is 5.92 Å². The van der Waals surface area contributed by atoms with Crippen molar-refractivity contribution in [2.24, 2.45) is 5.92 Å². The third-order valence-corrected chi connectivity index (χ3v) is 4.72. The summed E-state index contributed by atoms with van der Waals surface area (Å²) in [7, 11) is 0. The number of Topliss-reactive ketones (excluding diaryl/α,β-unsaturated/α-hetero) is 1. The average molecular weight is 362 g/mol. The summed E-state index contributed by atoms with van der Waals surface area (Å²) in [6.07, 6.45) is 0.104. The Hall–Kier alpha value is -3.48. The fourth-order valence-corrected chi connectivity index (χ4v) is 3.28. The van der Waals surface area contributed by atoms with Crippen molar-refractivity contribution in [3.63, 3.8) is 0 Å². The molecule has 4 rings (SSSR count). The number of nitrogens with one attached hydrogen (secondary N) is 2. The Morgan fingerprint density at radius 3 is 2.67 bits per heavy atom. The molecule has 27 heavy (non-hydrogen) atoms. The summed E-state index contributed by atoms with van der Waals surface area (Å²) in [6.45, 7) is 0.165. The molecule has 0 spiro atoms. The third-order valence-electron chi connectivity index (χ3n) is 4.72. The van der Waals surface area contributed by atoms with Crippen molar-refractivity contribution < 1.29 is 14.4 Å². The van der Waals surface area contributed by atoms with E-state index in [1.807, 2.05) is 30.3 Å². The number of aromatic nitrogens is 2. The van der Waals surface area contributed by atoms with Crippen LogP contribution in [0.3, 0.4) is 0 Å². The molecule has 136 valence electrons. The zero-order chi connectivity index (χ0) is 18.8. The number of H-pyrrole nitrogens is 1. The molecule has 0 unspecified atom stereocenters. The van der Waals surface area contributed by atoms with Crippen molar-refractivity contribution in [2.75, 3.05) is 18.0 Å². The maximum Gasteiger partial charge on any atom is 0.229 e. The van der Waals surface area contributed by atoms with E-state index >= 15 is 0 Å². The van der Waals surface area contributed by atoms with Gasteiger partial charge in [0.25, 0.3) is 0 Å². The number of hydrogen-bond donors (Lipinski definition) is 2. The van der Waals surface area contributed by atoms with Crippen LogP contribution in [0.15, 0.2) is 54.6 Å². The smallest absolute Gasteiger partial charge is 0.229 e. The number of ketones is 1. The summed E-state index contributed by atoms with van der Waals surface area (Å²) in [4.78, 5) is 38.5. The zero-order valence-electron chi connectivity index (χ0n) is 14.5. The van der Waals surface area contributed by atoms with Crippen molar-refractivity contribution in [1.29, 1.82) is 0 Å². The average Bonchev–Trinajstić information content (AvgIpc) is 3.29. The molecule has 0 radical (unpaired) electrons. The normalized spacial score (nSPS) is 16.7. The maximum atomic E-state index is 12.4. The van der Waals surface area contributed by atoms with Crippen molar-refractivity contribution >= 4 is 34.3 Å². The van der Waals surface area contributed by atoms with Crippen LogP contribution in [-0.2, 0) is 9.59 Å². The fourth-order valence-electron chi connectivity index (χ4n) is 3.28. The summed E-state index contributed by atoms with van der Waals surface area (Å²) in [5.74, 6) is -0.581. The molecule has 7 heteroatoms. The van der Waals surface area contributed by atoms with Gasteiger partial charge in [0.05, 0.1) is 18.0 Å². The molecule has 1 aliphatic heterocycles. The molecule has 0 aliphatic carbocycles. The zero-order valence-corrected chi connectivity index (χ0v) is 14.5. The number of benzene rings is 2. The Labute approximate surface area is 155 Å². The summed E-state index contributed by atoms with van der Waals surface area (Å²) < 4.78 is 0. The highest BCUT2D eigenvalue weighted by atomic mass is 16.2. The summed E-state index contributed by atoms with van der Waals surface area (Å²) in [6, 6.07) is 16.3. The quantitative estimate of drug-likeness (QED) is 0.678. The van der Waals surface area contributed by atoms with Gasteiger partial charge in [-0.25, -0.2) is 0 Å². The van der Waals surface area contributed by atoms with Crippen molar-refractivity contribution in [3.8, 4) is 0 Å². The standard InChI is InChI=1S/C20H18N4O3/c25-17(13-6-2-1-3-7-13)11-21-20(27)14-10-18(26)24(12-14)19-15-8-4-5-9-16(15)22-23-19/h1-9,14H,10-12H2,(H,21,27)(H,22,23)/t14-/m0/s1. The molecule has 7 nitrogen and oxygen atoms in total. The summed E-state index contributed by atoms with van der Waals surface area (Å²) >= 11 is 0. The van der Waals surface area contributed by atoms with Crippen LogP contribution in [0.2, 0.25) is 0 Å². The minimum absolute atomic E-state index is 0.0845. The van der Waals surface area contributed by atoms with E-state index < -0.39 is 5.92 Å². The highest BCUT2D eigenvalue weighted by Crippen LogP contribution is 2.29. The molecule has 1 fully saturated rings. The summed E-state index contributed by atoms with van der Waals surface area (Å²) in [5.41, 5.74) is 1.38. The van der Waals surface area contributed by atoms with Crippen LogP contribution < -0.4 is 10.2 Å². The number of hydrogen-bond acceptors (Lipinski definition) is 4. The molecule has 1 aliphatic rings. The van der Waals surface area contributed by atoms with E-state index in [9.17, 15) is 14.4 Å². The molecule has 1 aromatic heterocycles. The lowest BCUT2D eigenvalue weighted by atomic mass is 10.1. The molecule has 2 N–H and O–H groups in total. The Kier molecular flexibility index (Phi) is 4.42. The van der Waals surface area contributed by atoms with E-state index in [1.165, 1.54) is 4.90 Å². The van der Waals surface area contributed by atoms with Gasteiger partial charge in [-0.2, -0.15) is 5.10 Å². The first-order valence-corrected chi connectivity index (χ1v) is 8.73. The second kappa shape index (κ2) is 7.03. The van der Waals surface area contributed by atoms with Crippen LogP contribution in [0.25, 0.3) is 10.9 Å². The minimum Gasteiger partial charge on any atom is -0.348 e. The monoisotopic (exact) mass is 362 g/mol. The number of rotatable bonds is 5. The largest absolute Gasteiger partial charge is 0.348 e. The van der Waals surface area contributed by atoms with Gasteiger partial charge >= 0.3 is 0 Å². The fraction of sp³-hybridized carbons (Fsp3) is 0.200. The van der Waals surface area contributed by atoms with Gasteiger partial charge in [-0.15, -0.1) is 0 Å². The number of carbonyl (C=O) groups is 3. The van der Waals surface area contributed by atoms with E-state index in [2.05, 4.69) is 15.5 Å². The van der Waals surface area contributed by atoms with Gasteiger partial charge in [0, 0.05) is 23.9 Å². The summed E-state index contributed by atoms with van der Waals surface area (Å²) in [5, 5.41) is 10.6. The van der Waals surface area contributed by atoms with Gasteiger partial charge in [0.2, 0.25) is 11.8 Å². The van der Waals surface area contributed by atoms with Crippen LogP contribution in [0.5, 0.6) is 0 Å². The topological polar surface area (TPSA) is 95.2 Å². The van der Waals surface area contributed by atoms with Gasteiger partial charge < -0.3 is 5.32 Å². The van der Waals surface area contributed by atoms with Crippen molar-refractivity contribution in [1.82, 2.24) is 15.5 Å². The lowest BCUT2D eigenvalue weighted by Gasteiger charge is -2.14. The maximum absolute atomic E-state index is 12.4. The van der Waals surface area contributed by atoms with E-state index in [-0.39, 0.29) is 37.1 Å². The highest BCUT2D eigenvalue weighted by molar-refractivity contribution is 6.06. The van der Waals surface area contributed by atoms with Crippen molar-refractivity contribution in [3.05, 3.63) is 60.2 Å². The Balaban J connectivity index is 1.41. The number of nitrogens with zero attached hydrogens (tertiary/aromatic N) is 2. The molecule has 1 saturated heterocycles. The van der Waals surface area contributed by atoms with E-state index in [0.717, 1.165) is 10.9 Å². The molecule has 3 aromatic rings. The van der Waals surface area contributed by atoms with Crippen molar-refractivity contribution in [2.45, 2.75) is 6.42 Å². The predicted octanol–water partition coefficient (Wildman–Crippen LogP) is 1.91. The number of carbonyl (C=O) groups excluding carboxylic acids is 3. The van der Waals surface area contributed by atoms with Crippen LogP contribution >= 0.6 is 0 Å². The molecular formula is C20H18N4O3. The molecule has 0 saturated carbocycles. The van der Waals surface area contributed by atoms with Gasteiger partial charge in [-0.05, 0) is 12.1 Å². The first-order chi connectivity index (χ1) is 13.1. The highest BCUT2D eigenvalue weighted by Gasteiger charge is 2.36. The lowest BCUT2D eigenvalue weighted by Crippen LogP contribution is -2.36. The second-order valence-corrected chi connectivity index (χ2v) is 6.51. The molecule has 2 aromatic carbocycles. The van der Waals surface area contributed by atoms with Crippen LogP contribution in [0.4, 0.5) is 5.82 Å². The first kappa shape index (κ1) is 17.0. The number of para-hydroxylation sites is 1. The van der Waals surface area contributed by atoms with E-state index in [1.54, 1.807) is 24.3 Å². The van der Waals surface area contributed by atoms with E-state index in [0.29, 0.717) is 11.4 Å². The number of fused-ring (bicyclic) bond motifs is 1. The Bertz CT molecular complexity index is 1010. The third kappa shape index (κ3) is 3.31. The SMILES string of the molecule is O=C(CNC(=O)[C@H]1CC(=O)N(c2n[nH]c3ccccc23)C1)c1ccccc1. The van der Waals surface area contributed by atoms with Gasteiger partial charge in [-0.3, -0.25) is 24.4 Å². The van der Waals surface area contributed by atoms with Gasteiger partial charge in [-0.1, -0.05) is 42.5 Å². The van der Waals surface area contributed by atoms with Gasteiger partial charge in [0.15, 0.2) is 11.6 Å². The Morgan fingerprint density at radius 2 is 1.85 bits per heavy atom. The number of aromatic amines is 1. The molecule has 2 heterocycles. The second-order valence-electron chi connectivity index (χ2n) is 6.51. The lowest BCUT2D eigenvalue weighted by molar-refractivity contribution is -0.126. The molecule has 2 amide bonds. The number of anilines is 1. The first-order valence-electron chi connectivity index (χ1n) is 8.73. The Morgan fingerprint density at radius 1 is 1.11 bits per heavy atom. The number of amides is 2. The van der Waals surface area contributed by atoms with Crippen LogP contribution in [0.1, 0.15) is 16.8 Å².